The second-order valence-corrected chi connectivity index (χ2v) is 5.68. The number of aliphatic hydroxyl groups is 1. The summed E-state index contributed by atoms with van der Waals surface area (Å²) in [6, 6.07) is 6.71. The lowest BCUT2D eigenvalue weighted by Gasteiger charge is -2.36. The second kappa shape index (κ2) is 6.40. The van der Waals surface area contributed by atoms with Crippen molar-refractivity contribution in [1.29, 1.82) is 0 Å². The van der Waals surface area contributed by atoms with E-state index in [-0.39, 0.29) is 6.10 Å². The molecule has 2 N–H and O–H groups in total. The zero-order valence-electron chi connectivity index (χ0n) is 12.3. The fourth-order valence-corrected chi connectivity index (χ4v) is 2.80. The monoisotopic (exact) mass is 262 g/mol. The summed E-state index contributed by atoms with van der Waals surface area (Å²) in [4.78, 5) is 2.41. The molecule has 106 valence electrons. The van der Waals surface area contributed by atoms with Crippen molar-refractivity contribution in [2.24, 2.45) is 5.92 Å². The number of hydrogen-bond donors (Lipinski definition) is 2. The lowest BCUT2D eigenvalue weighted by molar-refractivity contribution is 0.0970. The first-order valence-electron chi connectivity index (χ1n) is 7.35. The minimum atomic E-state index is -0.135. The molecule has 2 atom stereocenters. The molecule has 19 heavy (non-hydrogen) atoms. The van der Waals surface area contributed by atoms with Gasteiger partial charge in [0.05, 0.1) is 6.10 Å². The molecular weight excluding hydrogens is 236 g/mol. The van der Waals surface area contributed by atoms with Crippen LogP contribution in [0.25, 0.3) is 0 Å². The molecule has 1 aromatic carbocycles. The number of nitrogens with one attached hydrogen (secondary N) is 1. The van der Waals surface area contributed by atoms with E-state index >= 15 is 0 Å². The Bertz CT molecular complexity index is 419. The van der Waals surface area contributed by atoms with Gasteiger partial charge in [0.2, 0.25) is 0 Å². The highest BCUT2D eigenvalue weighted by Crippen LogP contribution is 2.26. The molecule has 1 fully saturated rings. The third-order valence-corrected chi connectivity index (χ3v) is 4.04. The van der Waals surface area contributed by atoms with E-state index in [4.69, 9.17) is 0 Å². The summed E-state index contributed by atoms with van der Waals surface area (Å²) in [6.07, 6.45) is 0.740. The van der Waals surface area contributed by atoms with Crippen LogP contribution in [0.1, 0.15) is 31.4 Å². The number of aryl methyl sites for hydroxylation is 1. The van der Waals surface area contributed by atoms with Crippen LogP contribution in [0.2, 0.25) is 0 Å². The Hall–Kier alpha value is -1.06. The second-order valence-electron chi connectivity index (χ2n) is 5.68. The molecule has 2 unspecified atom stereocenters. The van der Waals surface area contributed by atoms with E-state index in [0.717, 1.165) is 32.6 Å². The highest BCUT2D eigenvalue weighted by molar-refractivity contribution is 5.54. The first-order chi connectivity index (χ1) is 9.11. The van der Waals surface area contributed by atoms with Crippen molar-refractivity contribution >= 4 is 5.69 Å². The third-order valence-electron chi connectivity index (χ3n) is 4.04. The van der Waals surface area contributed by atoms with Gasteiger partial charge in [0.15, 0.2) is 0 Å². The van der Waals surface area contributed by atoms with Gasteiger partial charge in [-0.15, -0.1) is 0 Å². The minimum absolute atomic E-state index is 0.135. The maximum absolute atomic E-state index is 9.82. The molecule has 2 rings (SSSR count). The first-order valence-corrected chi connectivity index (χ1v) is 7.35. The van der Waals surface area contributed by atoms with Gasteiger partial charge in [0, 0.05) is 25.3 Å². The summed E-state index contributed by atoms with van der Waals surface area (Å²) >= 11 is 0. The zero-order chi connectivity index (χ0) is 13.8. The summed E-state index contributed by atoms with van der Waals surface area (Å²) in [7, 11) is 0. The number of nitrogens with zero attached hydrogens (tertiary/aromatic N) is 1. The Morgan fingerprint density at radius 3 is 2.84 bits per heavy atom. The Labute approximate surface area is 116 Å². The lowest BCUT2D eigenvalue weighted by Crippen LogP contribution is -2.42. The normalized spacial score (nSPS) is 23.7. The van der Waals surface area contributed by atoms with E-state index in [2.05, 4.69) is 49.2 Å². The standard InChI is InChI=1S/C16H26N2O/c1-4-17-10-14-5-6-15(12(2)9-14)18-8-7-16(19)13(3)11-18/h5-6,9,13,16-17,19H,4,7-8,10-11H2,1-3H3. The van der Waals surface area contributed by atoms with Crippen LogP contribution in [0.5, 0.6) is 0 Å². The Morgan fingerprint density at radius 2 is 2.21 bits per heavy atom. The lowest BCUT2D eigenvalue weighted by atomic mass is 9.95. The van der Waals surface area contributed by atoms with Crippen molar-refractivity contribution in [3.05, 3.63) is 29.3 Å². The molecule has 0 amide bonds. The molecule has 0 bridgehead atoms. The number of hydrogen-bond acceptors (Lipinski definition) is 3. The summed E-state index contributed by atoms with van der Waals surface area (Å²) in [5.74, 6) is 0.356. The number of piperidine rings is 1. The predicted molar refractivity (Wildman–Crippen MR) is 80.6 cm³/mol. The maximum atomic E-state index is 9.82. The van der Waals surface area contributed by atoms with Crippen LogP contribution in [0.15, 0.2) is 18.2 Å². The van der Waals surface area contributed by atoms with Gasteiger partial charge in [-0.2, -0.15) is 0 Å². The van der Waals surface area contributed by atoms with E-state index < -0.39 is 0 Å². The molecule has 1 aliphatic heterocycles. The molecule has 0 aromatic heterocycles. The molecule has 1 heterocycles. The van der Waals surface area contributed by atoms with Gasteiger partial charge in [0.1, 0.15) is 0 Å². The van der Waals surface area contributed by atoms with Gasteiger partial charge in [-0.05, 0) is 43.0 Å². The Balaban J connectivity index is 2.08. The molecular formula is C16H26N2O. The Morgan fingerprint density at radius 1 is 1.42 bits per heavy atom. The number of rotatable bonds is 4. The summed E-state index contributed by atoms with van der Waals surface area (Å²) in [6.45, 7) is 10.3. The third kappa shape index (κ3) is 3.48. The summed E-state index contributed by atoms with van der Waals surface area (Å²) in [5, 5.41) is 13.2. The van der Waals surface area contributed by atoms with E-state index in [0.29, 0.717) is 5.92 Å². The number of benzene rings is 1. The van der Waals surface area contributed by atoms with Gasteiger partial charge < -0.3 is 15.3 Å². The van der Waals surface area contributed by atoms with Crippen LogP contribution < -0.4 is 10.2 Å². The summed E-state index contributed by atoms with van der Waals surface area (Å²) in [5.41, 5.74) is 3.99. The van der Waals surface area contributed by atoms with Crippen molar-refractivity contribution in [1.82, 2.24) is 5.32 Å². The molecule has 3 heteroatoms. The largest absolute Gasteiger partial charge is 0.393 e. The van der Waals surface area contributed by atoms with Gasteiger partial charge in [-0.3, -0.25) is 0 Å². The molecule has 0 saturated carbocycles. The fraction of sp³-hybridized carbons (Fsp3) is 0.625. The average Bonchev–Trinajstić information content (AvgIpc) is 2.40. The van der Waals surface area contributed by atoms with Crippen molar-refractivity contribution < 1.29 is 5.11 Å². The van der Waals surface area contributed by atoms with Crippen LogP contribution >= 0.6 is 0 Å². The smallest absolute Gasteiger partial charge is 0.0599 e. The molecule has 1 saturated heterocycles. The van der Waals surface area contributed by atoms with Crippen LogP contribution in [0.4, 0.5) is 5.69 Å². The van der Waals surface area contributed by atoms with Gasteiger partial charge in [-0.1, -0.05) is 26.0 Å². The molecule has 3 nitrogen and oxygen atoms in total. The molecule has 1 aromatic rings. The van der Waals surface area contributed by atoms with E-state index in [1.54, 1.807) is 0 Å². The topological polar surface area (TPSA) is 35.5 Å². The van der Waals surface area contributed by atoms with Crippen molar-refractivity contribution in [2.75, 3.05) is 24.5 Å². The quantitative estimate of drug-likeness (QED) is 0.874. The predicted octanol–water partition coefficient (Wildman–Crippen LogP) is 2.31. The van der Waals surface area contributed by atoms with Crippen LogP contribution in [0, 0.1) is 12.8 Å². The SMILES string of the molecule is CCNCc1ccc(N2CCC(O)C(C)C2)c(C)c1. The minimum Gasteiger partial charge on any atom is -0.393 e. The molecule has 0 radical (unpaired) electrons. The average molecular weight is 262 g/mol. The van der Waals surface area contributed by atoms with Crippen molar-refractivity contribution in [3.63, 3.8) is 0 Å². The van der Waals surface area contributed by atoms with Gasteiger partial charge >= 0.3 is 0 Å². The number of aliphatic hydroxyl groups excluding tert-OH is 1. The molecule has 1 aliphatic rings. The Kier molecular flexibility index (Phi) is 4.83. The zero-order valence-corrected chi connectivity index (χ0v) is 12.3. The summed E-state index contributed by atoms with van der Waals surface area (Å²) < 4.78 is 0. The fourth-order valence-electron chi connectivity index (χ4n) is 2.80. The van der Waals surface area contributed by atoms with Gasteiger partial charge in [0.25, 0.3) is 0 Å². The van der Waals surface area contributed by atoms with Crippen LogP contribution in [-0.2, 0) is 6.54 Å². The molecule has 0 aliphatic carbocycles. The van der Waals surface area contributed by atoms with E-state index in [9.17, 15) is 5.11 Å². The van der Waals surface area contributed by atoms with Crippen molar-refractivity contribution in [3.8, 4) is 0 Å². The van der Waals surface area contributed by atoms with E-state index in [1.807, 2.05) is 0 Å². The first kappa shape index (κ1) is 14.4. The number of anilines is 1. The maximum Gasteiger partial charge on any atom is 0.0599 e. The highest BCUT2D eigenvalue weighted by atomic mass is 16.3. The van der Waals surface area contributed by atoms with E-state index in [1.165, 1.54) is 16.8 Å². The van der Waals surface area contributed by atoms with Crippen LogP contribution in [-0.4, -0.2) is 30.8 Å². The molecule has 0 spiro atoms. The van der Waals surface area contributed by atoms with Crippen molar-refractivity contribution in [2.45, 2.75) is 39.8 Å². The van der Waals surface area contributed by atoms with Gasteiger partial charge in [-0.25, -0.2) is 0 Å². The highest BCUT2D eigenvalue weighted by Gasteiger charge is 2.24. The van der Waals surface area contributed by atoms with Crippen LogP contribution in [0.3, 0.4) is 0 Å².